The minimum absolute atomic E-state index is 0.00653. The Morgan fingerprint density at radius 2 is 1.65 bits per heavy atom. The number of nitrogens with zero attached hydrogens (tertiary/aromatic N) is 1. The summed E-state index contributed by atoms with van der Waals surface area (Å²) in [6, 6.07) is 15.1. The number of hydrogen-bond donors (Lipinski definition) is 3. The van der Waals surface area contributed by atoms with E-state index < -0.39 is 21.6 Å². The van der Waals surface area contributed by atoms with Crippen molar-refractivity contribution in [3.8, 4) is 0 Å². The largest absolute Gasteiger partial charge is 0.398 e. The van der Waals surface area contributed by atoms with Crippen molar-refractivity contribution in [2.24, 2.45) is 0 Å². The van der Waals surface area contributed by atoms with Crippen LogP contribution in [0, 0.1) is 0 Å². The third-order valence-electron chi connectivity index (χ3n) is 4.55. The van der Waals surface area contributed by atoms with Gasteiger partial charge in [0.25, 0.3) is 10.0 Å². The first-order valence-corrected chi connectivity index (χ1v) is 10.8. The average Bonchev–Trinajstić information content (AvgIpc) is 2.76. The molecular formula is C21H15ClN4O4S. The number of hydrogen-bond acceptors (Lipinski definition) is 7. The topological polar surface area (TPSA) is 131 Å². The van der Waals surface area contributed by atoms with Gasteiger partial charge in [-0.2, -0.15) is 0 Å². The molecule has 0 aliphatic heterocycles. The maximum atomic E-state index is 12.8. The molecule has 1 aromatic heterocycles. The number of nitrogens with two attached hydrogens (primary N) is 1. The number of halogens is 1. The van der Waals surface area contributed by atoms with E-state index in [2.05, 4.69) is 15.0 Å². The zero-order valence-corrected chi connectivity index (χ0v) is 17.4. The van der Waals surface area contributed by atoms with Crippen molar-refractivity contribution < 1.29 is 18.0 Å². The van der Waals surface area contributed by atoms with Crippen molar-refractivity contribution in [3.05, 3.63) is 88.7 Å². The molecule has 0 amide bonds. The second-order valence-corrected chi connectivity index (χ2v) is 8.65. The van der Waals surface area contributed by atoms with Gasteiger partial charge in [-0.1, -0.05) is 29.8 Å². The number of pyridine rings is 1. The van der Waals surface area contributed by atoms with Gasteiger partial charge in [0.05, 0.1) is 10.5 Å². The maximum Gasteiger partial charge on any atom is 0.263 e. The van der Waals surface area contributed by atoms with Crippen LogP contribution in [-0.2, 0) is 10.0 Å². The molecule has 1 heterocycles. The van der Waals surface area contributed by atoms with Gasteiger partial charge in [-0.25, -0.2) is 13.4 Å². The molecule has 1 aliphatic rings. The van der Waals surface area contributed by atoms with Gasteiger partial charge in [-0.15, -0.1) is 0 Å². The Hall–Kier alpha value is -3.69. The standard InChI is InChI=1S/C21H15ClN4O4S/c22-18-19(20(27)14-4-3-5-15(23)17(14)21(18)28)25-12-7-9-13(10-8-12)31(29,30)26-16-6-1-2-11-24-16/h1-11,25H,23H2,(H,24,26). The minimum atomic E-state index is -3.85. The van der Waals surface area contributed by atoms with Crippen LogP contribution in [0.15, 0.2) is 82.5 Å². The summed E-state index contributed by atoms with van der Waals surface area (Å²) < 4.78 is 27.4. The number of sulfonamides is 1. The van der Waals surface area contributed by atoms with E-state index in [9.17, 15) is 18.0 Å². The molecule has 0 atom stereocenters. The van der Waals surface area contributed by atoms with Gasteiger partial charge in [-0.3, -0.25) is 14.3 Å². The van der Waals surface area contributed by atoms with Crippen LogP contribution in [0.4, 0.5) is 17.2 Å². The molecule has 3 aromatic rings. The highest BCUT2D eigenvalue weighted by Gasteiger charge is 2.33. The molecule has 31 heavy (non-hydrogen) atoms. The van der Waals surface area contributed by atoms with Crippen LogP contribution in [0.3, 0.4) is 0 Å². The van der Waals surface area contributed by atoms with Crippen LogP contribution in [-0.4, -0.2) is 25.0 Å². The quantitative estimate of drug-likeness (QED) is 0.503. The smallest absolute Gasteiger partial charge is 0.263 e. The Bertz CT molecular complexity index is 1340. The lowest BCUT2D eigenvalue weighted by Crippen LogP contribution is -2.25. The molecule has 0 spiro atoms. The first-order valence-electron chi connectivity index (χ1n) is 8.96. The fourth-order valence-electron chi connectivity index (χ4n) is 3.06. The zero-order chi connectivity index (χ0) is 22.2. The molecule has 2 aromatic carbocycles. The molecule has 4 rings (SSSR count). The Kier molecular flexibility index (Phi) is 5.22. The van der Waals surface area contributed by atoms with Crippen LogP contribution in [0.1, 0.15) is 20.7 Å². The number of fused-ring (bicyclic) bond motifs is 1. The van der Waals surface area contributed by atoms with Crippen molar-refractivity contribution in [1.29, 1.82) is 0 Å². The van der Waals surface area contributed by atoms with Gasteiger partial charge in [0, 0.05) is 23.1 Å². The van der Waals surface area contributed by atoms with Gasteiger partial charge in [-0.05, 0) is 42.5 Å². The van der Waals surface area contributed by atoms with Crippen LogP contribution < -0.4 is 15.8 Å². The monoisotopic (exact) mass is 454 g/mol. The van der Waals surface area contributed by atoms with Crippen molar-refractivity contribution in [1.82, 2.24) is 4.98 Å². The number of allylic oxidation sites excluding steroid dienone is 2. The second kappa shape index (κ2) is 7.86. The molecule has 0 unspecified atom stereocenters. The second-order valence-electron chi connectivity index (χ2n) is 6.59. The summed E-state index contributed by atoms with van der Waals surface area (Å²) in [5, 5.41) is 2.52. The van der Waals surface area contributed by atoms with Crippen molar-refractivity contribution in [3.63, 3.8) is 0 Å². The number of anilines is 3. The number of Topliss-reactive ketones (excluding diaryl/α,β-unsaturated/α-hetero) is 2. The van der Waals surface area contributed by atoms with Crippen LogP contribution >= 0.6 is 11.6 Å². The Morgan fingerprint density at radius 3 is 2.32 bits per heavy atom. The van der Waals surface area contributed by atoms with Crippen LogP contribution in [0.5, 0.6) is 0 Å². The lowest BCUT2D eigenvalue weighted by Gasteiger charge is -2.20. The molecule has 0 saturated carbocycles. The minimum Gasteiger partial charge on any atom is -0.398 e. The number of ketones is 2. The fourth-order valence-corrected chi connectivity index (χ4v) is 4.30. The molecule has 8 nitrogen and oxygen atoms in total. The van der Waals surface area contributed by atoms with E-state index in [0.717, 1.165) is 0 Å². The highest BCUT2D eigenvalue weighted by atomic mass is 35.5. The molecule has 10 heteroatoms. The van der Waals surface area contributed by atoms with E-state index in [4.69, 9.17) is 17.3 Å². The molecule has 0 fully saturated rings. The van der Waals surface area contributed by atoms with Gasteiger partial charge >= 0.3 is 0 Å². The van der Waals surface area contributed by atoms with Crippen molar-refractivity contribution in [2.45, 2.75) is 4.90 Å². The van der Waals surface area contributed by atoms with E-state index in [1.807, 2.05) is 0 Å². The van der Waals surface area contributed by atoms with E-state index in [0.29, 0.717) is 5.69 Å². The maximum absolute atomic E-state index is 12.8. The summed E-state index contributed by atoms with van der Waals surface area (Å²) in [5.74, 6) is -0.859. The molecule has 156 valence electrons. The number of rotatable bonds is 5. The Morgan fingerprint density at radius 1 is 0.903 bits per heavy atom. The van der Waals surface area contributed by atoms with Crippen molar-refractivity contribution >= 4 is 50.4 Å². The van der Waals surface area contributed by atoms with Crippen molar-refractivity contribution in [2.75, 3.05) is 15.8 Å². The summed E-state index contributed by atoms with van der Waals surface area (Å²) in [6.07, 6.45) is 1.47. The molecule has 0 bridgehead atoms. The Labute approximate surface area is 182 Å². The summed E-state index contributed by atoms with van der Waals surface area (Å²) in [6.45, 7) is 0. The third kappa shape index (κ3) is 3.88. The number of nitrogen functional groups attached to an aromatic ring is 1. The van der Waals surface area contributed by atoms with E-state index in [-0.39, 0.29) is 38.3 Å². The van der Waals surface area contributed by atoms with Gasteiger partial charge in [0.2, 0.25) is 11.6 Å². The first-order chi connectivity index (χ1) is 14.8. The van der Waals surface area contributed by atoms with Gasteiger partial charge in [0.15, 0.2) is 0 Å². The van der Waals surface area contributed by atoms with E-state index in [1.54, 1.807) is 18.2 Å². The zero-order valence-electron chi connectivity index (χ0n) is 15.8. The van der Waals surface area contributed by atoms with Gasteiger partial charge < -0.3 is 11.1 Å². The van der Waals surface area contributed by atoms with E-state index in [1.165, 1.54) is 48.7 Å². The average molecular weight is 455 g/mol. The predicted molar refractivity (Wildman–Crippen MR) is 118 cm³/mol. The van der Waals surface area contributed by atoms with E-state index >= 15 is 0 Å². The summed E-state index contributed by atoms with van der Waals surface area (Å²) in [7, 11) is -3.85. The van der Waals surface area contributed by atoms with Crippen LogP contribution in [0.2, 0.25) is 0 Å². The highest BCUT2D eigenvalue weighted by Crippen LogP contribution is 2.32. The molecule has 0 radical (unpaired) electrons. The molecular weight excluding hydrogens is 440 g/mol. The lowest BCUT2D eigenvalue weighted by atomic mass is 9.91. The van der Waals surface area contributed by atoms with Crippen LogP contribution in [0.25, 0.3) is 0 Å². The Balaban J connectivity index is 1.59. The molecule has 1 aliphatic carbocycles. The number of carbonyl (C=O) groups is 2. The number of nitrogens with one attached hydrogen (secondary N) is 2. The molecule has 4 N–H and O–H groups in total. The number of benzene rings is 2. The summed E-state index contributed by atoms with van der Waals surface area (Å²) >= 11 is 6.15. The lowest BCUT2D eigenvalue weighted by molar-refractivity contribution is 0.0982. The fraction of sp³-hybridized carbons (Fsp3) is 0. The first kappa shape index (κ1) is 20.6. The SMILES string of the molecule is Nc1cccc2c1C(=O)C(Cl)=C(Nc1ccc(S(=O)(=O)Nc3ccccn3)cc1)C2=O. The number of carbonyl (C=O) groups excluding carboxylic acids is 2. The summed E-state index contributed by atoms with van der Waals surface area (Å²) in [5.41, 5.74) is 6.49. The number of aromatic nitrogens is 1. The predicted octanol–water partition coefficient (Wildman–Crippen LogP) is 3.41. The summed E-state index contributed by atoms with van der Waals surface area (Å²) in [4.78, 5) is 29.3. The highest BCUT2D eigenvalue weighted by molar-refractivity contribution is 7.92. The third-order valence-corrected chi connectivity index (χ3v) is 6.28. The van der Waals surface area contributed by atoms with Gasteiger partial charge in [0.1, 0.15) is 16.5 Å². The normalized spacial score (nSPS) is 13.7. The molecule has 0 saturated heterocycles.